The summed E-state index contributed by atoms with van der Waals surface area (Å²) in [6, 6.07) is 9.18. The van der Waals surface area contributed by atoms with Gasteiger partial charge in [0.15, 0.2) is 0 Å². The standard InChI is InChI=1S/C17H22N2O2/c1-11(2)14-9-13(14)10-19-16(20)15(18-17(19)21)8-12-6-4-3-5-7-12/h3-7,11,13-15H,8-10H2,1-2H3,(H,18,21)/t13-,14-,15?/m0/s1. The van der Waals surface area contributed by atoms with Gasteiger partial charge in [-0.1, -0.05) is 44.2 Å². The van der Waals surface area contributed by atoms with E-state index in [2.05, 4.69) is 19.2 Å². The van der Waals surface area contributed by atoms with Crippen molar-refractivity contribution in [1.82, 2.24) is 10.2 Å². The third kappa shape index (κ3) is 2.94. The molecule has 0 spiro atoms. The van der Waals surface area contributed by atoms with Crippen molar-refractivity contribution in [1.29, 1.82) is 0 Å². The van der Waals surface area contributed by atoms with Gasteiger partial charge in [0.1, 0.15) is 6.04 Å². The third-order valence-electron chi connectivity index (χ3n) is 4.64. The van der Waals surface area contributed by atoms with Gasteiger partial charge in [-0.2, -0.15) is 0 Å². The Balaban J connectivity index is 1.60. The minimum Gasteiger partial charge on any atom is -0.325 e. The summed E-state index contributed by atoms with van der Waals surface area (Å²) in [6.07, 6.45) is 1.71. The van der Waals surface area contributed by atoms with Crippen molar-refractivity contribution in [2.75, 3.05) is 6.54 Å². The summed E-state index contributed by atoms with van der Waals surface area (Å²) in [5.74, 6) is 1.73. The molecule has 4 heteroatoms. The summed E-state index contributed by atoms with van der Waals surface area (Å²) in [5, 5.41) is 2.82. The molecule has 3 amide bonds. The number of nitrogens with one attached hydrogen (secondary N) is 1. The lowest BCUT2D eigenvalue weighted by Gasteiger charge is -2.13. The molecule has 1 aliphatic heterocycles. The highest BCUT2D eigenvalue weighted by atomic mass is 16.2. The average molecular weight is 286 g/mol. The molecule has 1 heterocycles. The minimum absolute atomic E-state index is 0.0711. The Kier molecular flexibility index (Phi) is 3.70. The molecule has 1 saturated heterocycles. The van der Waals surface area contributed by atoms with Crippen LogP contribution in [0, 0.1) is 17.8 Å². The Morgan fingerprint density at radius 2 is 1.95 bits per heavy atom. The highest BCUT2D eigenvalue weighted by molar-refractivity contribution is 6.04. The van der Waals surface area contributed by atoms with E-state index in [0.29, 0.717) is 30.7 Å². The fourth-order valence-corrected chi connectivity index (χ4v) is 3.27. The maximum atomic E-state index is 12.4. The summed E-state index contributed by atoms with van der Waals surface area (Å²) in [4.78, 5) is 25.8. The van der Waals surface area contributed by atoms with E-state index >= 15 is 0 Å². The Hall–Kier alpha value is -1.84. The van der Waals surface area contributed by atoms with E-state index in [-0.39, 0.29) is 11.9 Å². The molecule has 3 atom stereocenters. The molecular weight excluding hydrogens is 264 g/mol. The van der Waals surface area contributed by atoms with Crippen molar-refractivity contribution in [2.24, 2.45) is 17.8 Å². The first-order valence-electron chi connectivity index (χ1n) is 7.72. The molecule has 1 saturated carbocycles. The van der Waals surface area contributed by atoms with Crippen molar-refractivity contribution in [2.45, 2.75) is 32.7 Å². The molecule has 4 nitrogen and oxygen atoms in total. The number of urea groups is 1. The lowest BCUT2D eigenvalue weighted by Crippen LogP contribution is -2.34. The number of hydrogen-bond acceptors (Lipinski definition) is 2. The van der Waals surface area contributed by atoms with Crippen LogP contribution in [-0.2, 0) is 11.2 Å². The normalized spacial score (nSPS) is 28.1. The Bertz CT molecular complexity index is 541. The second-order valence-electron chi connectivity index (χ2n) is 6.54. The smallest absolute Gasteiger partial charge is 0.324 e. The quantitative estimate of drug-likeness (QED) is 0.845. The van der Waals surface area contributed by atoms with Gasteiger partial charge in [-0.15, -0.1) is 0 Å². The summed E-state index contributed by atoms with van der Waals surface area (Å²) in [7, 11) is 0. The molecule has 0 bridgehead atoms. The minimum atomic E-state index is -0.406. The molecule has 21 heavy (non-hydrogen) atoms. The lowest BCUT2D eigenvalue weighted by molar-refractivity contribution is -0.127. The van der Waals surface area contributed by atoms with E-state index in [0.717, 1.165) is 12.0 Å². The van der Waals surface area contributed by atoms with E-state index < -0.39 is 6.04 Å². The molecular formula is C17H22N2O2. The summed E-state index contributed by atoms with van der Waals surface area (Å²) in [6.45, 7) is 4.99. The largest absolute Gasteiger partial charge is 0.325 e. The number of nitrogens with zero attached hydrogens (tertiary/aromatic N) is 1. The second-order valence-corrected chi connectivity index (χ2v) is 6.54. The summed E-state index contributed by atoms with van der Waals surface area (Å²) in [5.41, 5.74) is 1.07. The average Bonchev–Trinajstić information content (AvgIpc) is 3.18. The second kappa shape index (κ2) is 5.51. The van der Waals surface area contributed by atoms with E-state index in [9.17, 15) is 9.59 Å². The van der Waals surface area contributed by atoms with Crippen molar-refractivity contribution in [3.8, 4) is 0 Å². The molecule has 1 unspecified atom stereocenters. The van der Waals surface area contributed by atoms with Gasteiger partial charge >= 0.3 is 6.03 Å². The van der Waals surface area contributed by atoms with Crippen molar-refractivity contribution >= 4 is 11.9 Å². The van der Waals surface area contributed by atoms with Crippen LogP contribution in [0.4, 0.5) is 4.79 Å². The van der Waals surface area contributed by atoms with Crippen molar-refractivity contribution in [3.05, 3.63) is 35.9 Å². The predicted molar refractivity (Wildman–Crippen MR) is 80.6 cm³/mol. The van der Waals surface area contributed by atoms with Gasteiger partial charge in [0.25, 0.3) is 5.91 Å². The zero-order valence-corrected chi connectivity index (χ0v) is 12.6. The summed E-state index contributed by atoms with van der Waals surface area (Å²) < 4.78 is 0. The number of hydrogen-bond donors (Lipinski definition) is 1. The first-order valence-corrected chi connectivity index (χ1v) is 7.72. The van der Waals surface area contributed by atoms with Gasteiger partial charge in [-0.3, -0.25) is 9.69 Å². The molecule has 112 valence electrons. The van der Waals surface area contributed by atoms with Gasteiger partial charge in [0.05, 0.1) is 0 Å². The maximum Gasteiger partial charge on any atom is 0.324 e. The van der Waals surface area contributed by atoms with Gasteiger partial charge in [0.2, 0.25) is 0 Å². The molecule has 1 aliphatic carbocycles. The Labute approximate surface area is 125 Å². The van der Waals surface area contributed by atoms with Crippen LogP contribution in [0.3, 0.4) is 0 Å². The third-order valence-corrected chi connectivity index (χ3v) is 4.64. The SMILES string of the molecule is CC(C)[C@@H]1C[C@H]1CN1C(=O)NC(Cc2ccccc2)C1=O. The van der Waals surface area contributed by atoms with Crippen LogP contribution < -0.4 is 5.32 Å². The fraction of sp³-hybridized carbons (Fsp3) is 0.529. The van der Waals surface area contributed by atoms with Gasteiger partial charge in [0, 0.05) is 13.0 Å². The molecule has 2 aliphatic rings. The van der Waals surface area contributed by atoms with Crippen molar-refractivity contribution < 1.29 is 9.59 Å². The van der Waals surface area contributed by atoms with Crippen LogP contribution >= 0.6 is 0 Å². The molecule has 0 radical (unpaired) electrons. The van der Waals surface area contributed by atoms with Gasteiger partial charge < -0.3 is 5.32 Å². The van der Waals surface area contributed by atoms with Crippen LogP contribution in [-0.4, -0.2) is 29.4 Å². The molecule has 0 aromatic heterocycles. The highest BCUT2D eigenvalue weighted by Gasteiger charge is 2.45. The lowest BCUT2D eigenvalue weighted by atomic mass is 10.1. The number of carbonyl (C=O) groups excluding carboxylic acids is 2. The summed E-state index contributed by atoms with van der Waals surface area (Å²) >= 11 is 0. The molecule has 1 N–H and O–H groups in total. The van der Waals surface area contributed by atoms with E-state index in [4.69, 9.17) is 0 Å². The Morgan fingerprint density at radius 3 is 2.57 bits per heavy atom. The molecule has 1 aromatic carbocycles. The van der Waals surface area contributed by atoms with E-state index in [1.165, 1.54) is 4.90 Å². The molecule has 1 aromatic rings. The van der Waals surface area contributed by atoms with Crippen LogP contribution in [0.2, 0.25) is 0 Å². The van der Waals surface area contributed by atoms with Gasteiger partial charge in [-0.05, 0) is 29.7 Å². The van der Waals surface area contributed by atoms with Crippen molar-refractivity contribution in [3.63, 3.8) is 0 Å². The molecule has 3 rings (SSSR count). The van der Waals surface area contributed by atoms with Crippen LogP contribution in [0.1, 0.15) is 25.8 Å². The van der Waals surface area contributed by atoms with E-state index in [1.807, 2.05) is 30.3 Å². The van der Waals surface area contributed by atoms with Crippen LogP contribution in [0.5, 0.6) is 0 Å². The zero-order valence-electron chi connectivity index (χ0n) is 12.6. The zero-order chi connectivity index (χ0) is 15.0. The van der Waals surface area contributed by atoms with E-state index in [1.54, 1.807) is 0 Å². The van der Waals surface area contributed by atoms with Gasteiger partial charge in [-0.25, -0.2) is 4.79 Å². The number of imide groups is 1. The predicted octanol–water partition coefficient (Wildman–Crippen LogP) is 2.44. The number of rotatable bonds is 5. The topological polar surface area (TPSA) is 49.4 Å². The number of amides is 3. The highest BCUT2D eigenvalue weighted by Crippen LogP contribution is 2.44. The first-order chi connectivity index (χ1) is 10.1. The van der Waals surface area contributed by atoms with Crippen LogP contribution in [0.15, 0.2) is 30.3 Å². The maximum absolute atomic E-state index is 12.4. The number of carbonyl (C=O) groups is 2. The number of benzene rings is 1. The van der Waals surface area contributed by atoms with Crippen LogP contribution in [0.25, 0.3) is 0 Å². The monoisotopic (exact) mass is 286 g/mol. The fourth-order valence-electron chi connectivity index (χ4n) is 3.27. The first kappa shape index (κ1) is 14.1. The Morgan fingerprint density at radius 1 is 1.24 bits per heavy atom. The molecule has 2 fully saturated rings.